The van der Waals surface area contributed by atoms with Crippen LogP contribution in [0.2, 0.25) is 0 Å². The van der Waals surface area contributed by atoms with E-state index >= 15 is 0 Å². The summed E-state index contributed by atoms with van der Waals surface area (Å²) < 4.78 is 32.2. The third-order valence-electron chi connectivity index (χ3n) is 4.45. The van der Waals surface area contributed by atoms with Crippen LogP contribution in [0.4, 0.5) is 8.78 Å². The molecule has 0 fully saturated rings. The zero-order valence-corrected chi connectivity index (χ0v) is 16.7. The molecular formula is C22H26F2N2O3. The molecule has 7 heteroatoms. The van der Waals surface area contributed by atoms with Gasteiger partial charge in [-0.15, -0.1) is 0 Å². The van der Waals surface area contributed by atoms with E-state index < -0.39 is 24.4 Å². The molecule has 0 heterocycles. The lowest BCUT2D eigenvalue weighted by atomic mass is 10.1. The fourth-order valence-electron chi connectivity index (χ4n) is 2.69. The summed E-state index contributed by atoms with van der Waals surface area (Å²) in [6, 6.07) is 10.7. The van der Waals surface area contributed by atoms with Crippen molar-refractivity contribution in [1.82, 2.24) is 10.2 Å². The van der Waals surface area contributed by atoms with Crippen LogP contribution in [-0.4, -0.2) is 35.9 Å². The van der Waals surface area contributed by atoms with Gasteiger partial charge in [0, 0.05) is 13.1 Å². The maximum Gasteiger partial charge on any atom is 0.261 e. The molecule has 0 saturated heterocycles. The standard InChI is InChI=1S/C22H26F2N2O3/c1-3-4-13-25-22(28)16(2)26(14-17-9-11-18(23)12-10-17)21(27)15-29-20-8-6-5-7-19(20)24/h5-12,16H,3-4,13-15H2,1-2H3,(H,25,28). The van der Waals surface area contributed by atoms with Crippen molar-refractivity contribution in [3.63, 3.8) is 0 Å². The summed E-state index contributed by atoms with van der Waals surface area (Å²) in [6.45, 7) is 3.83. The van der Waals surface area contributed by atoms with Gasteiger partial charge in [0.25, 0.3) is 5.91 Å². The summed E-state index contributed by atoms with van der Waals surface area (Å²) in [5, 5.41) is 2.80. The van der Waals surface area contributed by atoms with Gasteiger partial charge in [-0.2, -0.15) is 0 Å². The number of rotatable bonds is 10. The Morgan fingerprint density at radius 3 is 2.45 bits per heavy atom. The second-order valence-electron chi connectivity index (χ2n) is 6.69. The van der Waals surface area contributed by atoms with E-state index in [1.165, 1.54) is 35.2 Å². The van der Waals surface area contributed by atoms with Crippen LogP contribution in [0.5, 0.6) is 5.75 Å². The highest BCUT2D eigenvalue weighted by Crippen LogP contribution is 2.16. The molecule has 0 aliphatic heterocycles. The number of carbonyl (C=O) groups excluding carboxylic acids is 2. The van der Waals surface area contributed by atoms with Gasteiger partial charge in [0.05, 0.1) is 0 Å². The Balaban J connectivity index is 2.11. The van der Waals surface area contributed by atoms with Crippen molar-refractivity contribution in [2.24, 2.45) is 0 Å². The van der Waals surface area contributed by atoms with Gasteiger partial charge < -0.3 is 15.0 Å². The first kappa shape index (κ1) is 22.3. The number of benzene rings is 2. The van der Waals surface area contributed by atoms with E-state index in [0.29, 0.717) is 12.1 Å². The van der Waals surface area contributed by atoms with Gasteiger partial charge in [-0.05, 0) is 43.2 Å². The molecule has 1 unspecified atom stereocenters. The largest absolute Gasteiger partial charge is 0.481 e. The van der Waals surface area contributed by atoms with Crippen molar-refractivity contribution in [1.29, 1.82) is 0 Å². The van der Waals surface area contributed by atoms with Gasteiger partial charge in [0.15, 0.2) is 18.2 Å². The van der Waals surface area contributed by atoms with E-state index in [2.05, 4.69) is 5.32 Å². The number of hydrogen-bond acceptors (Lipinski definition) is 3. The molecule has 0 bridgehead atoms. The maximum absolute atomic E-state index is 13.7. The van der Waals surface area contributed by atoms with Crippen molar-refractivity contribution >= 4 is 11.8 Å². The third kappa shape index (κ3) is 6.85. The first-order valence-electron chi connectivity index (χ1n) is 9.61. The number of para-hydroxylation sites is 1. The molecule has 0 aliphatic rings. The quantitative estimate of drug-likeness (QED) is 0.615. The van der Waals surface area contributed by atoms with Crippen LogP contribution in [0, 0.1) is 11.6 Å². The lowest BCUT2D eigenvalue weighted by molar-refractivity contribution is -0.142. The van der Waals surface area contributed by atoms with Crippen LogP contribution in [-0.2, 0) is 16.1 Å². The lowest BCUT2D eigenvalue weighted by Gasteiger charge is -2.28. The topological polar surface area (TPSA) is 58.6 Å². The Hall–Kier alpha value is -2.96. The van der Waals surface area contributed by atoms with Crippen molar-refractivity contribution in [3.05, 3.63) is 65.7 Å². The van der Waals surface area contributed by atoms with Gasteiger partial charge in [-0.1, -0.05) is 37.6 Å². The zero-order chi connectivity index (χ0) is 21.2. The Morgan fingerprint density at radius 2 is 1.79 bits per heavy atom. The zero-order valence-electron chi connectivity index (χ0n) is 16.7. The van der Waals surface area contributed by atoms with E-state index in [1.54, 1.807) is 25.1 Å². The summed E-state index contributed by atoms with van der Waals surface area (Å²) in [6.07, 6.45) is 1.77. The number of halogens is 2. The minimum absolute atomic E-state index is 0.0392. The van der Waals surface area contributed by atoms with Crippen LogP contribution in [0.25, 0.3) is 0 Å². The minimum Gasteiger partial charge on any atom is -0.481 e. The fourth-order valence-corrected chi connectivity index (χ4v) is 2.69. The molecule has 2 amide bonds. The van der Waals surface area contributed by atoms with Crippen LogP contribution in [0.1, 0.15) is 32.3 Å². The molecule has 1 N–H and O–H groups in total. The molecule has 2 aromatic carbocycles. The Labute approximate surface area is 169 Å². The number of unbranched alkanes of at least 4 members (excludes halogenated alkanes) is 1. The molecule has 0 radical (unpaired) electrons. The summed E-state index contributed by atoms with van der Waals surface area (Å²) in [4.78, 5) is 26.6. The molecule has 1 atom stereocenters. The Morgan fingerprint density at radius 1 is 1.10 bits per heavy atom. The summed E-state index contributed by atoms with van der Waals surface area (Å²) in [7, 11) is 0. The molecule has 29 heavy (non-hydrogen) atoms. The number of amides is 2. The van der Waals surface area contributed by atoms with Crippen LogP contribution in [0.3, 0.4) is 0 Å². The predicted octanol–water partition coefficient (Wildman–Crippen LogP) is 3.68. The van der Waals surface area contributed by atoms with E-state index in [-0.39, 0.29) is 24.0 Å². The average Bonchev–Trinajstić information content (AvgIpc) is 2.72. The average molecular weight is 404 g/mol. The molecule has 2 aromatic rings. The van der Waals surface area contributed by atoms with Crippen molar-refractivity contribution in [2.75, 3.05) is 13.2 Å². The van der Waals surface area contributed by atoms with Crippen molar-refractivity contribution in [3.8, 4) is 5.75 Å². The molecule has 0 aliphatic carbocycles. The molecule has 156 valence electrons. The number of nitrogens with one attached hydrogen (secondary N) is 1. The normalized spacial score (nSPS) is 11.6. The summed E-state index contributed by atoms with van der Waals surface area (Å²) in [5.41, 5.74) is 0.666. The first-order chi connectivity index (χ1) is 13.9. The highest BCUT2D eigenvalue weighted by Gasteiger charge is 2.26. The number of nitrogens with zero attached hydrogens (tertiary/aromatic N) is 1. The summed E-state index contributed by atoms with van der Waals surface area (Å²) in [5.74, 6) is -1.77. The van der Waals surface area contributed by atoms with E-state index in [4.69, 9.17) is 4.74 Å². The fraction of sp³-hybridized carbons (Fsp3) is 0.364. The minimum atomic E-state index is -0.770. The smallest absolute Gasteiger partial charge is 0.261 e. The van der Waals surface area contributed by atoms with Gasteiger partial charge >= 0.3 is 0 Å². The highest BCUT2D eigenvalue weighted by molar-refractivity contribution is 5.87. The predicted molar refractivity (Wildman–Crippen MR) is 106 cm³/mol. The number of hydrogen-bond donors (Lipinski definition) is 1. The molecule has 2 rings (SSSR count). The first-order valence-corrected chi connectivity index (χ1v) is 9.61. The van der Waals surface area contributed by atoms with Gasteiger partial charge in [0.2, 0.25) is 5.91 Å². The molecule has 0 spiro atoms. The Kier molecular flexibility index (Phi) is 8.58. The highest BCUT2D eigenvalue weighted by atomic mass is 19.1. The molecule has 0 saturated carbocycles. The monoisotopic (exact) mass is 404 g/mol. The lowest BCUT2D eigenvalue weighted by Crippen LogP contribution is -2.49. The van der Waals surface area contributed by atoms with Gasteiger partial charge in [0.1, 0.15) is 11.9 Å². The van der Waals surface area contributed by atoms with Gasteiger partial charge in [-0.25, -0.2) is 8.78 Å². The van der Waals surface area contributed by atoms with Gasteiger partial charge in [-0.3, -0.25) is 9.59 Å². The molecular weight excluding hydrogens is 378 g/mol. The van der Waals surface area contributed by atoms with E-state index in [9.17, 15) is 18.4 Å². The van der Waals surface area contributed by atoms with Crippen LogP contribution >= 0.6 is 0 Å². The van der Waals surface area contributed by atoms with Crippen molar-refractivity contribution < 1.29 is 23.1 Å². The van der Waals surface area contributed by atoms with Crippen LogP contribution < -0.4 is 10.1 Å². The number of carbonyl (C=O) groups is 2. The number of ether oxygens (including phenoxy) is 1. The Bertz CT molecular complexity index is 812. The van der Waals surface area contributed by atoms with E-state index in [1.807, 2.05) is 6.92 Å². The molecule has 5 nitrogen and oxygen atoms in total. The second-order valence-corrected chi connectivity index (χ2v) is 6.69. The SMILES string of the molecule is CCCCNC(=O)C(C)N(Cc1ccc(F)cc1)C(=O)COc1ccccc1F. The second kappa shape index (κ2) is 11.1. The van der Waals surface area contributed by atoms with E-state index in [0.717, 1.165) is 12.8 Å². The van der Waals surface area contributed by atoms with Crippen molar-refractivity contribution in [2.45, 2.75) is 39.3 Å². The third-order valence-corrected chi connectivity index (χ3v) is 4.45. The van der Waals surface area contributed by atoms with Crippen LogP contribution in [0.15, 0.2) is 48.5 Å². The molecule has 0 aromatic heterocycles. The maximum atomic E-state index is 13.7. The summed E-state index contributed by atoms with van der Waals surface area (Å²) >= 11 is 0.